The van der Waals surface area contributed by atoms with Crippen LogP contribution in [0.25, 0.3) is 11.1 Å². The maximum Gasteiger partial charge on any atom is 0.244 e. The highest BCUT2D eigenvalue weighted by Crippen LogP contribution is 2.19. The lowest BCUT2D eigenvalue weighted by Crippen LogP contribution is -2.59. The first-order valence-corrected chi connectivity index (χ1v) is 18.5. The van der Waals surface area contributed by atoms with Crippen LogP contribution < -0.4 is 38.5 Å². The minimum Gasteiger partial charge on any atom is -0.370 e. The van der Waals surface area contributed by atoms with Gasteiger partial charge >= 0.3 is 0 Å². The van der Waals surface area contributed by atoms with E-state index in [1.807, 2.05) is 91.0 Å². The van der Waals surface area contributed by atoms with Crippen molar-refractivity contribution in [1.82, 2.24) is 21.3 Å². The minimum absolute atomic E-state index is 0.0158. The normalized spacial score (nSPS) is 12.9. The molecule has 0 aromatic heterocycles. The lowest BCUT2D eigenvalue weighted by Gasteiger charge is -2.26. The molecule has 0 aliphatic heterocycles. The summed E-state index contributed by atoms with van der Waals surface area (Å²) in [4.78, 5) is 70.7. The van der Waals surface area contributed by atoms with Gasteiger partial charge in [0, 0.05) is 25.1 Å². The monoisotopic (exact) mass is 764 g/mol. The van der Waals surface area contributed by atoms with Gasteiger partial charge < -0.3 is 38.5 Å². The zero-order valence-electron chi connectivity index (χ0n) is 30.4. The van der Waals surface area contributed by atoms with Crippen LogP contribution >= 0.6 is 12.6 Å². The quantitative estimate of drug-likeness (QED) is 0.0288. The number of rotatable bonds is 20. The van der Waals surface area contributed by atoms with Gasteiger partial charge in [-0.15, -0.1) is 0 Å². The van der Waals surface area contributed by atoms with Crippen molar-refractivity contribution in [2.45, 2.75) is 56.3 Å². The van der Waals surface area contributed by atoms with Crippen molar-refractivity contribution in [3.05, 3.63) is 132 Å². The molecule has 10 N–H and O–H groups in total. The van der Waals surface area contributed by atoms with Gasteiger partial charge in [-0.05, 0) is 40.7 Å². The number of amides is 5. The second kappa shape index (κ2) is 21.5. The van der Waals surface area contributed by atoms with E-state index >= 15 is 0 Å². The molecular weight excluding hydrogens is 717 g/mol. The second-order valence-corrected chi connectivity index (χ2v) is 13.3. The molecule has 4 aromatic rings. The molecule has 0 aliphatic carbocycles. The summed E-state index contributed by atoms with van der Waals surface area (Å²) in [6.45, 7) is 0.172. The predicted octanol–water partition coefficient (Wildman–Crippen LogP) is 1.79. The number of benzene rings is 4. The molecule has 0 fully saturated rings. The van der Waals surface area contributed by atoms with Crippen LogP contribution in [0.15, 0.2) is 120 Å². The van der Waals surface area contributed by atoms with Crippen LogP contribution in [-0.2, 0) is 43.2 Å². The van der Waals surface area contributed by atoms with Gasteiger partial charge in [-0.2, -0.15) is 12.6 Å². The number of thiol groups is 1. The van der Waals surface area contributed by atoms with Gasteiger partial charge in [-0.1, -0.05) is 115 Å². The van der Waals surface area contributed by atoms with E-state index in [0.29, 0.717) is 6.42 Å². The molecule has 0 saturated heterocycles. The fourth-order valence-electron chi connectivity index (χ4n) is 5.79. The van der Waals surface area contributed by atoms with Crippen molar-refractivity contribution in [3.8, 4) is 11.1 Å². The number of carbonyl (C=O) groups is 5. The van der Waals surface area contributed by atoms with Gasteiger partial charge in [0.15, 0.2) is 5.96 Å². The number of carbonyl (C=O) groups excluding carboxylic acids is 5. The summed E-state index contributed by atoms with van der Waals surface area (Å²) >= 11 is 4.30. The lowest BCUT2D eigenvalue weighted by molar-refractivity contribution is -0.134. The predicted molar refractivity (Wildman–Crippen MR) is 217 cm³/mol. The van der Waals surface area contributed by atoms with Crippen molar-refractivity contribution in [1.29, 1.82) is 0 Å². The molecule has 0 saturated carbocycles. The average molecular weight is 765 g/mol. The summed E-state index contributed by atoms with van der Waals surface area (Å²) in [5.41, 5.74) is 21.0. The molecule has 288 valence electrons. The molecule has 14 heteroatoms. The highest BCUT2D eigenvalue weighted by Gasteiger charge is 2.31. The highest BCUT2D eigenvalue weighted by molar-refractivity contribution is 7.80. The largest absolute Gasteiger partial charge is 0.370 e. The van der Waals surface area contributed by atoms with Gasteiger partial charge in [-0.3, -0.25) is 29.0 Å². The van der Waals surface area contributed by atoms with Crippen LogP contribution in [0.5, 0.6) is 0 Å². The molecule has 3 unspecified atom stereocenters. The van der Waals surface area contributed by atoms with Crippen LogP contribution in [0, 0.1) is 0 Å². The Morgan fingerprint density at radius 2 is 1.02 bits per heavy atom. The van der Waals surface area contributed by atoms with Crippen molar-refractivity contribution in [2.75, 3.05) is 12.3 Å². The first-order valence-electron chi connectivity index (χ1n) is 17.9. The van der Waals surface area contributed by atoms with E-state index in [-0.39, 0.29) is 43.9 Å². The van der Waals surface area contributed by atoms with Gasteiger partial charge in [-0.25, -0.2) is 0 Å². The highest BCUT2D eigenvalue weighted by atomic mass is 32.1. The zero-order chi connectivity index (χ0) is 39.6. The van der Waals surface area contributed by atoms with Crippen molar-refractivity contribution < 1.29 is 24.0 Å². The van der Waals surface area contributed by atoms with E-state index in [1.54, 1.807) is 24.3 Å². The van der Waals surface area contributed by atoms with Crippen LogP contribution in [0.3, 0.4) is 0 Å². The number of nitrogens with zero attached hydrogens (tertiary/aromatic N) is 1. The molecular formula is C41H48N8O5S. The molecule has 0 heterocycles. The van der Waals surface area contributed by atoms with E-state index in [0.717, 1.165) is 27.8 Å². The maximum absolute atomic E-state index is 13.9. The molecule has 4 rings (SSSR count). The molecule has 0 aliphatic rings. The van der Waals surface area contributed by atoms with Gasteiger partial charge in [0.1, 0.15) is 24.2 Å². The van der Waals surface area contributed by atoms with Gasteiger partial charge in [0.25, 0.3) is 0 Å². The fourth-order valence-corrected chi connectivity index (χ4v) is 6.05. The Kier molecular flexibility index (Phi) is 16.3. The van der Waals surface area contributed by atoms with Gasteiger partial charge in [0.05, 0.1) is 6.42 Å². The lowest BCUT2D eigenvalue weighted by atomic mass is 10.0. The topological polar surface area (TPSA) is 224 Å². The van der Waals surface area contributed by atoms with E-state index in [4.69, 9.17) is 17.2 Å². The number of primary amides is 1. The zero-order valence-corrected chi connectivity index (χ0v) is 31.3. The van der Waals surface area contributed by atoms with Crippen LogP contribution in [0.4, 0.5) is 0 Å². The molecule has 5 amide bonds. The molecule has 0 radical (unpaired) electrons. The fraction of sp³-hybridized carbons (Fsp3) is 0.268. The number of aliphatic imine (C=N–C) groups is 1. The number of hydrogen-bond acceptors (Lipinski definition) is 7. The van der Waals surface area contributed by atoms with Gasteiger partial charge in [0.2, 0.25) is 29.5 Å². The molecule has 55 heavy (non-hydrogen) atoms. The Hall–Kier alpha value is -6.15. The summed E-state index contributed by atoms with van der Waals surface area (Å²) in [6, 6.07) is 31.0. The molecule has 0 bridgehead atoms. The van der Waals surface area contributed by atoms with Crippen molar-refractivity contribution >= 4 is 48.1 Å². The van der Waals surface area contributed by atoms with E-state index in [1.165, 1.54) is 0 Å². The number of hydrogen-bond donors (Lipinski definition) is 8. The minimum atomic E-state index is -1.16. The number of guanidine groups is 1. The summed E-state index contributed by atoms with van der Waals surface area (Å²) in [6.07, 6.45) is 0.622. The van der Waals surface area contributed by atoms with Crippen LogP contribution in [0.1, 0.15) is 29.5 Å². The summed E-state index contributed by atoms with van der Waals surface area (Å²) in [7, 11) is 0. The standard InChI is InChI=1S/C41H48N8O5S/c42-37(51)33(23-27-11-4-1-5-12-27)48-39(53)34(24-28-13-6-2-7-14-28)49-38(52)32(17-10-22-45-41(43)44)47-40(54)35(26-55)46-36(50)25-29-18-20-31(21-19-29)30-15-8-3-9-16-30/h1-9,11-16,18-21,32-35,55H,10,17,22-26H2,(H2,42,51)(H,46,50)(H,47,54)(H,48,53)(H,49,52)(H4,43,44,45)/t32-,33?,34?,35?/m1/s1. The van der Waals surface area contributed by atoms with E-state index in [2.05, 4.69) is 38.9 Å². The first-order chi connectivity index (χ1) is 26.5. The smallest absolute Gasteiger partial charge is 0.244 e. The Morgan fingerprint density at radius 3 is 1.56 bits per heavy atom. The maximum atomic E-state index is 13.9. The summed E-state index contributed by atoms with van der Waals surface area (Å²) in [5.74, 6) is -3.29. The molecule has 0 spiro atoms. The third-order valence-electron chi connectivity index (χ3n) is 8.70. The molecule has 13 nitrogen and oxygen atoms in total. The van der Waals surface area contributed by atoms with Crippen molar-refractivity contribution in [2.24, 2.45) is 22.2 Å². The van der Waals surface area contributed by atoms with Crippen molar-refractivity contribution in [3.63, 3.8) is 0 Å². The first kappa shape index (κ1) is 41.6. The average Bonchev–Trinajstić information content (AvgIpc) is 3.18. The summed E-state index contributed by atoms with van der Waals surface area (Å²) in [5, 5.41) is 10.9. The Labute approximate surface area is 326 Å². The molecule has 4 atom stereocenters. The Bertz CT molecular complexity index is 1890. The van der Waals surface area contributed by atoms with E-state index < -0.39 is 53.7 Å². The van der Waals surface area contributed by atoms with Crippen LogP contribution in [0.2, 0.25) is 0 Å². The third kappa shape index (κ3) is 14.0. The SMILES string of the molecule is NC(=O)C(Cc1ccccc1)NC(=O)C(Cc1ccccc1)NC(=O)[C@@H](CCCN=C(N)N)NC(=O)C(CS)NC(=O)Cc1ccc(-c2ccccc2)cc1. The number of nitrogens with two attached hydrogens (primary N) is 3. The number of nitrogens with one attached hydrogen (secondary N) is 4. The Morgan fingerprint density at radius 1 is 0.545 bits per heavy atom. The Balaban J connectivity index is 1.46. The molecule has 4 aromatic carbocycles. The van der Waals surface area contributed by atoms with E-state index in [9.17, 15) is 24.0 Å². The van der Waals surface area contributed by atoms with Crippen LogP contribution in [-0.4, -0.2) is 72.0 Å². The third-order valence-corrected chi connectivity index (χ3v) is 9.06. The summed E-state index contributed by atoms with van der Waals surface area (Å²) < 4.78 is 0. The second-order valence-electron chi connectivity index (χ2n) is 13.0.